The largest absolute Gasteiger partial charge is 0.490 e. The molecule has 0 aromatic heterocycles. The van der Waals surface area contributed by atoms with Crippen LogP contribution in [-0.4, -0.2) is 31.6 Å². The molecule has 1 heterocycles. The maximum absolute atomic E-state index is 13.5. The van der Waals surface area contributed by atoms with Crippen LogP contribution in [-0.2, 0) is 4.74 Å². The third kappa shape index (κ3) is 3.76. The van der Waals surface area contributed by atoms with E-state index in [4.69, 9.17) is 14.2 Å². The number of ether oxygens (including phenoxy) is 3. The van der Waals surface area contributed by atoms with Gasteiger partial charge in [-0.2, -0.15) is 0 Å². The Hall–Kier alpha value is -2.96. The lowest BCUT2D eigenvalue weighted by Gasteiger charge is -2.09. The van der Waals surface area contributed by atoms with E-state index in [-0.39, 0.29) is 5.56 Å². The smallest absolute Gasteiger partial charge is 0.344 e. The molecule has 1 aliphatic rings. The van der Waals surface area contributed by atoms with Crippen molar-refractivity contribution in [2.24, 2.45) is 0 Å². The van der Waals surface area contributed by atoms with Gasteiger partial charge >= 0.3 is 5.97 Å². The van der Waals surface area contributed by atoms with E-state index in [2.05, 4.69) is 0 Å². The number of benzene rings is 2. The molecule has 0 unspecified atom stereocenters. The summed E-state index contributed by atoms with van der Waals surface area (Å²) >= 11 is 0. The van der Waals surface area contributed by atoms with Crippen LogP contribution in [0.2, 0.25) is 0 Å². The van der Waals surface area contributed by atoms with Gasteiger partial charge in [-0.15, -0.1) is 0 Å². The van der Waals surface area contributed by atoms with Crippen LogP contribution in [0.4, 0.5) is 8.78 Å². The SMILES string of the molecule is O=C(COC(=O)c1c(F)cccc1F)c1ccc2c(c1)OCCCO2. The van der Waals surface area contributed by atoms with Gasteiger partial charge in [-0.1, -0.05) is 6.07 Å². The number of carbonyl (C=O) groups is 2. The predicted molar refractivity (Wildman–Crippen MR) is 83.0 cm³/mol. The summed E-state index contributed by atoms with van der Waals surface area (Å²) in [5, 5.41) is 0. The lowest BCUT2D eigenvalue weighted by Crippen LogP contribution is -2.16. The number of hydrogen-bond donors (Lipinski definition) is 0. The second-order valence-corrected chi connectivity index (χ2v) is 5.31. The van der Waals surface area contributed by atoms with Crippen molar-refractivity contribution < 1.29 is 32.6 Å². The van der Waals surface area contributed by atoms with E-state index in [9.17, 15) is 18.4 Å². The fourth-order valence-electron chi connectivity index (χ4n) is 2.32. The topological polar surface area (TPSA) is 61.8 Å². The summed E-state index contributed by atoms with van der Waals surface area (Å²) in [5.74, 6) is -2.91. The molecular formula is C18H14F2O5. The van der Waals surface area contributed by atoms with Crippen molar-refractivity contribution in [2.75, 3.05) is 19.8 Å². The number of halogens is 2. The summed E-state index contributed by atoms with van der Waals surface area (Å²) in [6.07, 6.45) is 0.726. The first-order valence-corrected chi connectivity index (χ1v) is 7.60. The standard InChI is InChI=1S/C18H14F2O5/c19-12-3-1-4-13(20)17(12)18(22)25-10-14(21)11-5-6-15-16(9-11)24-8-2-7-23-15/h1,3-6,9H,2,7-8,10H2. The van der Waals surface area contributed by atoms with Crippen LogP contribution in [0, 0.1) is 11.6 Å². The Morgan fingerprint density at radius 1 is 1.00 bits per heavy atom. The Kier molecular flexibility index (Phi) is 4.92. The van der Waals surface area contributed by atoms with Crippen molar-refractivity contribution in [2.45, 2.75) is 6.42 Å². The Balaban J connectivity index is 1.69. The summed E-state index contributed by atoms with van der Waals surface area (Å²) in [4.78, 5) is 24.0. The third-order valence-corrected chi connectivity index (χ3v) is 3.57. The number of rotatable bonds is 4. The Bertz CT molecular complexity index is 799. The second kappa shape index (κ2) is 7.29. The fourth-order valence-corrected chi connectivity index (χ4v) is 2.32. The van der Waals surface area contributed by atoms with E-state index in [0.717, 1.165) is 24.6 Å². The highest BCUT2D eigenvalue weighted by atomic mass is 19.1. The van der Waals surface area contributed by atoms with E-state index >= 15 is 0 Å². The number of hydrogen-bond acceptors (Lipinski definition) is 5. The van der Waals surface area contributed by atoms with Gasteiger partial charge in [0.25, 0.3) is 0 Å². The lowest BCUT2D eigenvalue weighted by atomic mass is 10.1. The molecule has 25 heavy (non-hydrogen) atoms. The molecule has 130 valence electrons. The Morgan fingerprint density at radius 3 is 2.40 bits per heavy atom. The summed E-state index contributed by atoms with van der Waals surface area (Å²) < 4.78 is 42.7. The van der Waals surface area contributed by atoms with Gasteiger partial charge in [0.15, 0.2) is 23.9 Å². The number of esters is 1. The zero-order valence-corrected chi connectivity index (χ0v) is 13.1. The Labute approximate surface area is 142 Å². The number of fused-ring (bicyclic) bond motifs is 1. The molecule has 0 fully saturated rings. The van der Waals surface area contributed by atoms with Gasteiger partial charge in [0.2, 0.25) is 0 Å². The molecule has 0 amide bonds. The predicted octanol–water partition coefficient (Wildman–Crippen LogP) is 3.17. The number of ketones is 1. The first kappa shape index (κ1) is 16.9. The second-order valence-electron chi connectivity index (χ2n) is 5.31. The number of carbonyl (C=O) groups excluding carboxylic acids is 2. The van der Waals surface area contributed by atoms with Crippen molar-refractivity contribution in [1.29, 1.82) is 0 Å². The van der Waals surface area contributed by atoms with Crippen molar-refractivity contribution in [3.8, 4) is 11.5 Å². The lowest BCUT2D eigenvalue weighted by molar-refractivity contribution is 0.0465. The molecule has 0 N–H and O–H groups in total. The van der Waals surface area contributed by atoms with E-state index in [1.807, 2.05) is 0 Å². The summed E-state index contributed by atoms with van der Waals surface area (Å²) in [5.41, 5.74) is -0.583. The van der Waals surface area contributed by atoms with Crippen LogP contribution in [0.5, 0.6) is 11.5 Å². The zero-order valence-electron chi connectivity index (χ0n) is 13.1. The normalized spacial score (nSPS) is 13.0. The third-order valence-electron chi connectivity index (χ3n) is 3.57. The molecule has 0 saturated carbocycles. The van der Waals surface area contributed by atoms with Gasteiger partial charge in [0.1, 0.15) is 17.2 Å². The molecule has 1 aliphatic heterocycles. The molecule has 0 saturated heterocycles. The van der Waals surface area contributed by atoms with Gasteiger partial charge in [-0.3, -0.25) is 4.79 Å². The van der Waals surface area contributed by atoms with Crippen LogP contribution in [0.1, 0.15) is 27.1 Å². The first-order chi connectivity index (χ1) is 12.1. The minimum Gasteiger partial charge on any atom is -0.490 e. The molecule has 3 rings (SSSR count). The van der Waals surface area contributed by atoms with Gasteiger partial charge < -0.3 is 14.2 Å². The first-order valence-electron chi connectivity index (χ1n) is 7.60. The van der Waals surface area contributed by atoms with Crippen molar-refractivity contribution in [3.63, 3.8) is 0 Å². The van der Waals surface area contributed by atoms with Gasteiger partial charge in [0.05, 0.1) is 13.2 Å². The zero-order chi connectivity index (χ0) is 17.8. The highest BCUT2D eigenvalue weighted by molar-refractivity contribution is 5.99. The molecule has 7 heteroatoms. The molecular weight excluding hydrogens is 334 g/mol. The minimum atomic E-state index is -1.24. The van der Waals surface area contributed by atoms with Crippen LogP contribution in [0.25, 0.3) is 0 Å². The molecule has 5 nitrogen and oxygen atoms in total. The minimum absolute atomic E-state index is 0.242. The molecule has 0 bridgehead atoms. The number of Topliss-reactive ketones (excluding diaryl/α,β-unsaturated/α-hetero) is 1. The van der Waals surface area contributed by atoms with E-state index in [1.54, 1.807) is 6.07 Å². The molecule has 0 spiro atoms. The molecule has 2 aromatic carbocycles. The quantitative estimate of drug-likeness (QED) is 0.627. The maximum atomic E-state index is 13.5. The average Bonchev–Trinajstić information content (AvgIpc) is 2.84. The van der Waals surface area contributed by atoms with Crippen LogP contribution in [0.15, 0.2) is 36.4 Å². The molecule has 0 aliphatic carbocycles. The fraction of sp³-hybridized carbons (Fsp3) is 0.222. The summed E-state index contributed by atoms with van der Waals surface area (Å²) in [7, 11) is 0. The molecule has 0 atom stereocenters. The monoisotopic (exact) mass is 348 g/mol. The van der Waals surface area contributed by atoms with E-state index in [1.165, 1.54) is 12.1 Å². The molecule has 2 aromatic rings. The molecule has 0 radical (unpaired) electrons. The van der Waals surface area contributed by atoms with E-state index < -0.39 is 35.6 Å². The van der Waals surface area contributed by atoms with Crippen molar-refractivity contribution in [1.82, 2.24) is 0 Å². The highest BCUT2D eigenvalue weighted by Gasteiger charge is 2.20. The van der Waals surface area contributed by atoms with Gasteiger partial charge in [-0.05, 0) is 30.3 Å². The van der Waals surface area contributed by atoms with Crippen LogP contribution >= 0.6 is 0 Å². The van der Waals surface area contributed by atoms with Crippen molar-refractivity contribution >= 4 is 11.8 Å². The average molecular weight is 348 g/mol. The van der Waals surface area contributed by atoms with Gasteiger partial charge in [0, 0.05) is 12.0 Å². The van der Waals surface area contributed by atoms with Crippen molar-refractivity contribution in [3.05, 3.63) is 59.2 Å². The maximum Gasteiger partial charge on any atom is 0.344 e. The summed E-state index contributed by atoms with van der Waals surface area (Å²) in [6.45, 7) is 0.338. The van der Waals surface area contributed by atoms with Crippen LogP contribution in [0.3, 0.4) is 0 Å². The summed E-state index contributed by atoms with van der Waals surface area (Å²) in [6, 6.07) is 7.58. The van der Waals surface area contributed by atoms with Gasteiger partial charge in [-0.25, -0.2) is 13.6 Å². The Morgan fingerprint density at radius 2 is 1.68 bits per heavy atom. The van der Waals surface area contributed by atoms with E-state index in [0.29, 0.717) is 24.7 Å². The van der Waals surface area contributed by atoms with Crippen LogP contribution < -0.4 is 9.47 Å². The highest BCUT2D eigenvalue weighted by Crippen LogP contribution is 2.30.